The molecule has 0 aliphatic carbocycles. The van der Waals surface area contributed by atoms with Gasteiger partial charge in [-0.3, -0.25) is 14.7 Å². The molecule has 2 rings (SSSR count). The standard InChI is InChI=1S/C12H13N5O2S/c1-2-6-16-11(13)14-15-12(16)20-8-9-4-3-5-10(7-9)17(18)19/h2-5,7H,1,6,8H2,(H2,13,14). The number of nitro groups is 1. The van der Waals surface area contributed by atoms with Crippen LogP contribution in [-0.4, -0.2) is 19.7 Å². The smallest absolute Gasteiger partial charge is 0.269 e. The summed E-state index contributed by atoms with van der Waals surface area (Å²) >= 11 is 1.42. The number of anilines is 1. The molecule has 0 radical (unpaired) electrons. The van der Waals surface area contributed by atoms with Gasteiger partial charge in [0.15, 0.2) is 5.16 Å². The van der Waals surface area contributed by atoms with Gasteiger partial charge < -0.3 is 5.73 Å². The second-order valence-electron chi connectivity index (χ2n) is 3.96. The van der Waals surface area contributed by atoms with E-state index in [1.54, 1.807) is 22.8 Å². The molecular weight excluding hydrogens is 278 g/mol. The molecule has 0 spiro atoms. The average molecular weight is 291 g/mol. The lowest BCUT2D eigenvalue weighted by Crippen LogP contribution is -2.03. The number of nitrogens with zero attached hydrogens (tertiary/aromatic N) is 4. The summed E-state index contributed by atoms with van der Waals surface area (Å²) in [5.41, 5.74) is 6.62. The highest BCUT2D eigenvalue weighted by Crippen LogP contribution is 2.24. The summed E-state index contributed by atoms with van der Waals surface area (Å²) in [5.74, 6) is 0.878. The highest BCUT2D eigenvalue weighted by Gasteiger charge is 2.10. The van der Waals surface area contributed by atoms with Gasteiger partial charge in [0.05, 0.1) is 4.92 Å². The Morgan fingerprint density at radius 2 is 2.30 bits per heavy atom. The fraction of sp³-hybridized carbons (Fsp3) is 0.167. The van der Waals surface area contributed by atoms with Crippen molar-refractivity contribution in [3.05, 3.63) is 52.6 Å². The van der Waals surface area contributed by atoms with Crippen molar-refractivity contribution in [2.24, 2.45) is 0 Å². The van der Waals surface area contributed by atoms with Gasteiger partial charge in [-0.25, -0.2) is 0 Å². The van der Waals surface area contributed by atoms with E-state index in [0.29, 0.717) is 23.4 Å². The molecule has 20 heavy (non-hydrogen) atoms. The number of nitrogen functional groups attached to an aromatic ring is 1. The lowest BCUT2D eigenvalue weighted by Gasteiger charge is -2.04. The fourth-order valence-corrected chi connectivity index (χ4v) is 2.51. The molecule has 1 aromatic carbocycles. The number of nitrogens with two attached hydrogens (primary N) is 1. The summed E-state index contributed by atoms with van der Waals surface area (Å²) in [5, 5.41) is 19.2. The number of non-ortho nitro benzene ring substituents is 1. The van der Waals surface area contributed by atoms with E-state index in [2.05, 4.69) is 16.8 Å². The molecule has 104 valence electrons. The van der Waals surface area contributed by atoms with E-state index in [-0.39, 0.29) is 5.69 Å². The number of nitro benzene ring substituents is 1. The lowest BCUT2D eigenvalue weighted by atomic mass is 10.2. The van der Waals surface area contributed by atoms with Crippen LogP contribution < -0.4 is 5.73 Å². The zero-order valence-electron chi connectivity index (χ0n) is 10.6. The van der Waals surface area contributed by atoms with Crippen LogP contribution in [0.25, 0.3) is 0 Å². The van der Waals surface area contributed by atoms with E-state index in [1.807, 2.05) is 6.07 Å². The second kappa shape index (κ2) is 6.20. The van der Waals surface area contributed by atoms with E-state index in [4.69, 9.17) is 5.73 Å². The van der Waals surface area contributed by atoms with Gasteiger partial charge in [0.2, 0.25) is 5.95 Å². The third-order valence-corrected chi connectivity index (χ3v) is 3.58. The second-order valence-corrected chi connectivity index (χ2v) is 4.90. The van der Waals surface area contributed by atoms with Crippen LogP contribution in [0.1, 0.15) is 5.56 Å². The Morgan fingerprint density at radius 1 is 1.50 bits per heavy atom. The maximum atomic E-state index is 10.7. The Kier molecular flexibility index (Phi) is 4.36. The van der Waals surface area contributed by atoms with E-state index >= 15 is 0 Å². The minimum absolute atomic E-state index is 0.0789. The van der Waals surface area contributed by atoms with E-state index < -0.39 is 4.92 Å². The molecule has 0 aliphatic rings. The molecule has 8 heteroatoms. The molecule has 2 N–H and O–H groups in total. The molecule has 0 saturated carbocycles. The summed E-state index contributed by atoms with van der Waals surface area (Å²) < 4.78 is 1.73. The van der Waals surface area contributed by atoms with Crippen molar-refractivity contribution >= 4 is 23.4 Å². The zero-order chi connectivity index (χ0) is 14.5. The van der Waals surface area contributed by atoms with E-state index in [0.717, 1.165) is 5.56 Å². The third-order valence-electron chi connectivity index (χ3n) is 2.55. The quantitative estimate of drug-likeness (QED) is 0.379. The van der Waals surface area contributed by atoms with Gasteiger partial charge >= 0.3 is 0 Å². The lowest BCUT2D eigenvalue weighted by molar-refractivity contribution is -0.384. The maximum absolute atomic E-state index is 10.7. The largest absolute Gasteiger partial charge is 0.368 e. The van der Waals surface area contributed by atoms with Crippen LogP contribution in [0.2, 0.25) is 0 Å². The molecule has 0 unspecified atom stereocenters. The number of hydrogen-bond donors (Lipinski definition) is 1. The summed E-state index contributed by atoms with van der Waals surface area (Å²) in [7, 11) is 0. The first-order valence-corrected chi connectivity index (χ1v) is 6.76. The first kappa shape index (κ1) is 14.1. The molecule has 1 aromatic heterocycles. The zero-order valence-corrected chi connectivity index (χ0v) is 11.4. The predicted octanol–water partition coefficient (Wildman–Crippen LogP) is 2.25. The molecule has 0 saturated heterocycles. The normalized spacial score (nSPS) is 10.4. The average Bonchev–Trinajstić information content (AvgIpc) is 2.78. The molecule has 7 nitrogen and oxygen atoms in total. The van der Waals surface area contributed by atoms with Crippen molar-refractivity contribution in [1.29, 1.82) is 0 Å². The molecule has 0 bridgehead atoms. The number of allylic oxidation sites excluding steroid dienone is 1. The van der Waals surface area contributed by atoms with Gasteiger partial charge in [-0.15, -0.1) is 16.8 Å². The number of benzene rings is 1. The monoisotopic (exact) mass is 291 g/mol. The first-order valence-electron chi connectivity index (χ1n) is 5.77. The van der Waals surface area contributed by atoms with Crippen molar-refractivity contribution in [1.82, 2.24) is 14.8 Å². The molecule has 0 aliphatic heterocycles. The van der Waals surface area contributed by atoms with Crippen LogP contribution in [0, 0.1) is 10.1 Å². The van der Waals surface area contributed by atoms with Gasteiger partial charge in [-0.2, -0.15) is 0 Å². The Labute approximate surface area is 119 Å². The van der Waals surface area contributed by atoms with Crippen molar-refractivity contribution in [2.45, 2.75) is 17.5 Å². The SMILES string of the molecule is C=CCn1c(N)nnc1SCc1cccc([N+](=O)[O-])c1. The number of hydrogen-bond acceptors (Lipinski definition) is 6. The number of aromatic nitrogens is 3. The van der Waals surface area contributed by atoms with Gasteiger partial charge in [-0.05, 0) is 5.56 Å². The maximum Gasteiger partial charge on any atom is 0.269 e. The molecule has 0 fully saturated rings. The Balaban J connectivity index is 2.10. The molecule has 0 atom stereocenters. The minimum Gasteiger partial charge on any atom is -0.368 e. The fourth-order valence-electron chi connectivity index (χ4n) is 1.62. The Hall–Kier alpha value is -2.35. The topological polar surface area (TPSA) is 99.9 Å². The van der Waals surface area contributed by atoms with E-state index in [9.17, 15) is 10.1 Å². The number of rotatable bonds is 6. The predicted molar refractivity (Wildman–Crippen MR) is 77.3 cm³/mol. The summed E-state index contributed by atoms with van der Waals surface area (Å²) in [4.78, 5) is 10.3. The molecule has 1 heterocycles. The minimum atomic E-state index is -0.410. The molecule has 2 aromatic rings. The van der Waals surface area contributed by atoms with Gasteiger partial charge in [-0.1, -0.05) is 30.0 Å². The summed E-state index contributed by atoms with van der Waals surface area (Å²) in [6, 6.07) is 6.51. The van der Waals surface area contributed by atoms with Crippen LogP contribution in [0.4, 0.5) is 11.6 Å². The first-order chi connectivity index (χ1) is 9.61. The third kappa shape index (κ3) is 3.15. The van der Waals surface area contributed by atoms with Crippen LogP contribution in [0.3, 0.4) is 0 Å². The molecular formula is C12H13N5O2S. The highest BCUT2D eigenvalue weighted by molar-refractivity contribution is 7.98. The van der Waals surface area contributed by atoms with Gasteiger partial charge in [0.1, 0.15) is 0 Å². The summed E-state index contributed by atoms with van der Waals surface area (Å²) in [6.45, 7) is 4.17. The van der Waals surface area contributed by atoms with Gasteiger partial charge in [0, 0.05) is 24.4 Å². The van der Waals surface area contributed by atoms with Crippen LogP contribution >= 0.6 is 11.8 Å². The Morgan fingerprint density at radius 3 is 3.00 bits per heavy atom. The number of thioether (sulfide) groups is 1. The van der Waals surface area contributed by atoms with Crippen molar-refractivity contribution in [3.8, 4) is 0 Å². The van der Waals surface area contributed by atoms with Gasteiger partial charge in [0.25, 0.3) is 5.69 Å². The Bertz CT molecular complexity index is 641. The summed E-state index contributed by atoms with van der Waals surface area (Å²) in [6.07, 6.45) is 1.71. The van der Waals surface area contributed by atoms with Crippen LogP contribution in [-0.2, 0) is 12.3 Å². The van der Waals surface area contributed by atoms with Crippen molar-refractivity contribution in [2.75, 3.05) is 5.73 Å². The van der Waals surface area contributed by atoms with Crippen LogP contribution in [0.15, 0.2) is 42.1 Å². The van der Waals surface area contributed by atoms with Crippen molar-refractivity contribution in [3.63, 3.8) is 0 Å². The highest BCUT2D eigenvalue weighted by atomic mass is 32.2. The van der Waals surface area contributed by atoms with E-state index in [1.165, 1.54) is 17.8 Å². The van der Waals surface area contributed by atoms with Crippen molar-refractivity contribution < 1.29 is 4.92 Å². The van der Waals surface area contributed by atoms with Crippen LogP contribution in [0.5, 0.6) is 0 Å². The molecule has 0 amide bonds.